The number of hydrogen-bond donors (Lipinski definition) is 0. The van der Waals surface area contributed by atoms with E-state index < -0.39 is 0 Å². The maximum atomic E-state index is 10.8. The maximum absolute atomic E-state index is 10.8. The van der Waals surface area contributed by atoms with Crippen molar-refractivity contribution in [2.24, 2.45) is 0 Å². The van der Waals surface area contributed by atoms with Crippen LogP contribution in [0.25, 0.3) is 0 Å². The Morgan fingerprint density at radius 2 is 2.06 bits per heavy atom. The van der Waals surface area contributed by atoms with Gasteiger partial charge in [-0.15, -0.1) is 0 Å². The lowest BCUT2D eigenvalue weighted by atomic mass is 10.2. The molecule has 0 N–H and O–H groups in total. The molecule has 0 aromatic carbocycles. The summed E-state index contributed by atoms with van der Waals surface area (Å²) in [6.07, 6.45) is 8.20. The molecule has 2 aliphatic heterocycles. The Morgan fingerprint density at radius 1 is 1.33 bits per heavy atom. The first-order chi connectivity index (χ1) is 8.65. The lowest BCUT2D eigenvalue weighted by Crippen LogP contribution is -2.16. The van der Waals surface area contributed by atoms with Crippen molar-refractivity contribution in [3.05, 3.63) is 25.6 Å². The molecule has 0 bridgehead atoms. The van der Waals surface area contributed by atoms with E-state index in [1.54, 1.807) is 22.2 Å². The van der Waals surface area contributed by atoms with E-state index in [1.807, 2.05) is 0 Å². The lowest BCUT2D eigenvalue weighted by molar-refractivity contribution is -0.125. The van der Waals surface area contributed by atoms with Crippen LogP contribution < -0.4 is 0 Å². The number of rotatable bonds is 5. The second kappa shape index (κ2) is 6.99. The van der Waals surface area contributed by atoms with E-state index in [0.29, 0.717) is 6.42 Å². The first-order valence-electron chi connectivity index (χ1n) is 6.52. The Bertz CT molecular complexity index is 339. The van der Waals surface area contributed by atoms with Crippen LogP contribution >= 0.6 is 0 Å². The quantitative estimate of drug-likeness (QED) is 0.702. The molecule has 4 heteroatoms. The van der Waals surface area contributed by atoms with Gasteiger partial charge >= 0.3 is 0 Å². The van der Waals surface area contributed by atoms with E-state index in [1.165, 1.54) is 0 Å². The van der Waals surface area contributed by atoms with Crippen LogP contribution in [-0.2, 0) is 9.59 Å². The van der Waals surface area contributed by atoms with Crippen molar-refractivity contribution in [3.63, 3.8) is 0 Å². The number of carbonyl (C=O) groups excluding carboxylic acids is 2. The van der Waals surface area contributed by atoms with Crippen molar-refractivity contribution in [2.75, 3.05) is 6.54 Å². The molecule has 18 heavy (non-hydrogen) atoms. The van der Waals surface area contributed by atoms with Crippen molar-refractivity contribution < 1.29 is 9.59 Å². The fourth-order valence-corrected chi connectivity index (χ4v) is 1.97. The lowest BCUT2D eigenvalue weighted by Gasteiger charge is -2.05. The molecule has 100 valence electrons. The number of hydrogen-bond acceptors (Lipinski definition) is 2. The molecule has 4 nitrogen and oxygen atoms in total. The number of unbranched alkanes of at least 4 members (excludes halogenated alkanes) is 1. The van der Waals surface area contributed by atoms with Crippen LogP contribution in [0.1, 0.15) is 39.0 Å². The zero-order valence-electron chi connectivity index (χ0n) is 11.1. The Balaban J connectivity index is 0.000000184. The van der Waals surface area contributed by atoms with E-state index in [0.717, 1.165) is 32.2 Å². The van der Waals surface area contributed by atoms with E-state index >= 15 is 0 Å². The normalized spacial score (nSPS) is 21.5. The van der Waals surface area contributed by atoms with Gasteiger partial charge in [-0.1, -0.05) is 32.9 Å². The van der Waals surface area contributed by atoms with Crippen molar-refractivity contribution >= 4 is 11.8 Å². The summed E-state index contributed by atoms with van der Waals surface area (Å²) in [4.78, 5) is 24.8. The van der Waals surface area contributed by atoms with Gasteiger partial charge in [0.2, 0.25) is 11.8 Å². The van der Waals surface area contributed by atoms with E-state index in [2.05, 4.69) is 20.1 Å². The van der Waals surface area contributed by atoms with Crippen LogP contribution in [0.4, 0.5) is 0 Å². The van der Waals surface area contributed by atoms with E-state index in [-0.39, 0.29) is 17.9 Å². The van der Waals surface area contributed by atoms with Gasteiger partial charge in [0.05, 0.1) is 0 Å². The molecule has 2 fully saturated rings. The number of nitrogens with zero attached hydrogens (tertiary/aromatic N) is 2. The van der Waals surface area contributed by atoms with Gasteiger partial charge in [-0.25, -0.2) is 0 Å². The summed E-state index contributed by atoms with van der Waals surface area (Å²) in [6.45, 7) is 10.0. The molecule has 0 radical (unpaired) electrons. The van der Waals surface area contributed by atoms with Gasteiger partial charge in [0.1, 0.15) is 6.04 Å². The first kappa shape index (κ1) is 14.5. The van der Waals surface area contributed by atoms with Crippen LogP contribution in [0.5, 0.6) is 0 Å². The van der Waals surface area contributed by atoms with Crippen LogP contribution in [0, 0.1) is 0 Å². The van der Waals surface area contributed by atoms with E-state index in [4.69, 9.17) is 0 Å². The Hall–Kier alpha value is -1.58. The minimum atomic E-state index is 0.178. The number of carbonyl (C=O) groups is 2. The smallest absolute Gasteiger partial charge is 0.250 e. The first-order valence-corrected chi connectivity index (χ1v) is 6.52. The minimum Gasteiger partial charge on any atom is -0.320 e. The summed E-state index contributed by atoms with van der Waals surface area (Å²) >= 11 is 0. The van der Waals surface area contributed by atoms with Crippen LogP contribution in [0.2, 0.25) is 0 Å². The van der Waals surface area contributed by atoms with Gasteiger partial charge in [0.15, 0.2) is 0 Å². The molecule has 2 amide bonds. The molecule has 2 saturated heterocycles. The molecule has 2 aliphatic rings. The van der Waals surface area contributed by atoms with Crippen molar-refractivity contribution in [1.29, 1.82) is 0 Å². The zero-order chi connectivity index (χ0) is 13.5. The van der Waals surface area contributed by atoms with Gasteiger partial charge in [-0.2, -0.15) is 0 Å². The molecular weight excluding hydrogens is 228 g/mol. The number of likely N-dealkylation sites (tertiary alicyclic amines) is 1. The second-order valence-corrected chi connectivity index (χ2v) is 4.46. The molecule has 0 aliphatic carbocycles. The minimum absolute atomic E-state index is 0.178. The van der Waals surface area contributed by atoms with E-state index in [9.17, 15) is 9.59 Å². The third-order valence-corrected chi connectivity index (χ3v) is 3.17. The molecule has 0 aromatic heterocycles. The molecule has 0 saturated carbocycles. The van der Waals surface area contributed by atoms with Crippen molar-refractivity contribution in [3.8, 4) is 0 Å². The highest BCUT2D eigenvalue weighted by molar-refractivity contribution is 5.97. The van der Waals surface area contributed by atoms with Crippen LogP contribution in [0.15, 0.2) is 25.6 Å². The topological polar surface area (TPSA) is 40.4 Å². The predicted molar refractivity (Wildman–Crippen MR) is 71.5 cm³/mol. The molecular formula is C14H22N2O2. The SMILES string of the molecule is C=CN1C(=O)C1CCCC.C=CN1CCCC1=O. The van der Waals surface area contributed by atoms with Gasteiger partial charge in [-0.3, -0.25) is 9.59 Å². The highest BCUT2D eigenvalue weighted by Gasteiger charge is 2.42. The third kappa shape index (κ3) is 3.72. The summed E-state index contributed by atoms with van der Waals surface area (Å²) in [7, 11) is 0. The van der Waals surface area contributed by atoms with Gasteiger partial charge < -0.3 is 9.80 Å². The molecule has 0 spiro atoms. The van der Waals surface area contributed by atoms with Crippen molar-refractivity contribution in [2.45, 2.75) is 45.1 Å². The Labute approximate surface area is 109 Å². The fourth-order valence-electron chi connectivity index (χ4n) is 1.97. The molecule has 1 unspecified atom stereocenters. The average Bonchev–Trinajstić information content (AvgIpc) is 2.79. The average molecular weight is 250 g/mol. The van der Waals surface area contributed by atoms with Gasteiger partial charge in [0.25, 0.3) is 0 Å². The Morgan fingerprint density at radius 3 is 2.39 bits per heavy atom. The molecule has 0 aromatic rings. The predicted octanol–water partition coefficient (Wildman–Crippen LogP) is 2.28. The number of amides is 2. The standard InChI is InChI=1S/C8H13NO.C6H9NO/c1-3-5-6-7-8(10)9(7)4-2;1-2-7-5-3-4-6(7)8/h4,7H,2-3,5-6H2,1H3;2H,1,3-5H2. The largest absolute Gasteiger partial charge is 0.320 e. The maximum Gasteiger partial charge on any atom is 0.250 e. The summed E-state index contributed by atoms with van der Waals surface area (Å²) in [5, 5.41) is 0. The highest BCUT2D eigenvalue weighted by atomic mass is 16.2. The summed E-state index contributed by atoms with van der Waals surface area (Å²) < 4.78 is 0. The zero-order valence-corrected chi connectivity index (χ0v) is 11.1. The highest BCUT2D eigenvalue weighted by Crippen LogP contribution is 2.24. The molecule has 1 atom stereocenters. The van der Waals surface area contributed by atoms with Crippen molar-refractivity contribution in [1.82, 2.24) is 9.80 Å². The summed E-state index contributed by atoms with van der Waals surface area (Å²) in [6, 6.07) is 0.178. The molecule has 2 rings (SSSR count). The molecule has 2 heterocycles. The summed E-state index contributed by atoms with van der Waals surface area (Å²) in [5.74, 6) is 0.448. The van der Waals surface area contributed by atoms with Crippen LogP contribution in [-0.4, -0.2) is 34.2 Å². The Kier molecular flexibility index (Phi) is 5.62. The van der Waals surface area contributed by atoms with Crippen LogP contribution in [0.3, 0.4) is 0 Å². The second-order valence-electron chi connectivity index (χ2n) is 4.46. The summed E-state index contributed by atoms with van der Waals surface area (Å²) in [5.41, 5.74) is 0. The van der Waals surface area contributed by atoms with Gasteiger partial charge in [0, 0.05) is 19.2 Å². The fraction of sp³-hybridized carbons (Fsp3) is 0.571. The monoisotopic (exact) mass is 250 g/mol. The van der Waals surface area contributed by atoms with Gasteiger partial charge in [-0.05, 0) is 19.0 Å². The third-order valence-electron chi connectivity index (χ3n) is 3.17.